The van der Waals surface area contributed by atoms with Crippen molar-refractivity contribution in [2.45, 2.75) is 6.92 Å². The second-order valence-electron chi connectivity index (χ2n) is 4.29. The number of nitrogens with one attached hydrogen (secondary N) is 1. The first-order valence-electron chi connectivity index (χ1n) is 6.62. The van der Waals surface area contributed by atoms with Gasteiger partial charge in [0.2, 0.25) is 0 Å². The van der Waals surface area contributed by atoms with Crippen LogP contribution in [0.2, 0.25) is 0 Å². The number of carbonyl (C=O) groups is 1. The van der Waals surface area contributed by atoms with Crippen molar-refractivity contribution in [1.29, 1.82) is 0 Å². The van der Waals surface area contributed by atoms with Crippen LogP contribution in [0.15, 0.2) is 48.5 Å². The Labute approximate surface area is 123 Å². The zero-order chi connectivity index (χ0) is 15.1. The summed E-state index contributed by atoms with van der Waals surface area (Å²) in [5.41, 5.74) is 0.523. The molecular formula is C16H17NO4. The van der Waals surface area contributed by atoms with Gasteiger partial charge in [-0.1, -0.05) is 6.07 Å². The van der Waals surface area contributed by atoms with E-state index in [4.69, 9.17) is 9.47 Å². The minimum Gasteiger partial charge on any atom is -0.508 e. The van der Waals surface area contributed by atoms with E-state index in [2.05, 4.69) is 5.32 Å². The van der Waals surface area contributed by atoms with Gasteiger partial charge in [-0.15, -0.1) is 0 Å². The van der Waals surface area contributed by atoms with Crippen molar-refractivity contribution >= 4 is 11.6 Å². The Morgan fingerprint density at radius 2 is 1.76 bits per heavy atom. The van der Waals surface area contributed by atoms with Gasteiger partial charge in [0.15, 0.2) is 6.61 Å². The summed E-state index contributed by atoms with van der Waals surface area (Å²) in [6.07, 6.45) is 0. The normalized spacial score (nSPS) is 9.95. The molecule has 1 amide bonds. The maximum absolute atomic E-state index is 11.7. The van der Waals surface area contributed by atoms with Crippen LogP contribution >= 0.6 is 0 Å². The summed E-state index contributed by atoms with van der Waals surface area (Å²) in [4.78, 5) is 11.7. The van der Waals surface area contributed by atoms with Gasteiger partial charge in [-0.2, -0.15) is 0 Å². The molecule has 2 aromatic carbocycles. The standard InChI is InChI=1S/C16H17NO4/c1-2-20-14-6-8-15(9-7-14)21-11-16(19)17-12-4-3-5-13(18)10-12/h3-10,18H,2,11H2,1H3,(H,17,19). The van der Waals surface area contributed by atoms with Crippen LogP contribution in [-0.4, -0.2) is 24.2 Å². The molecule has 0 aliphatic heterocycles. The Balaban J connectivity index is 1.83. The SMILES string of the molecule is CCOc1ccc(OCC(=O)Nc2cccc(O)c2)cc1. The average molecular weight is 287 g/mol. The Morgan fingerprint density at radius 1 is 1.10 bits per heavy atom. The number of phenols is 1. The molecule has 0 aromatic heterocycles. The molecule has 0 unspecified atom stereocenters. The highest BCUT2D eigenvalue weighted by molar-refractivity contribution is 5.92. The second-order valence-corrected chi connectivity index (χ2v) is 4.29. The molecule has 0 saturated carbocycles. The highest BCUT2D eigenvalue weighted by Crippen LogP contribution is 2.18. The summed E-state index contributed by atoms with van der Waals surface area (Å²) in [5, 5.41) is 11.9. The molecule has 0 saturated heterocycles. The van der Waals surface area contributed by atoms with Gasteiger partial charge in [0.1, 0.15) is 17.2 Å². The van der Waals surface area contributed by atoms with Crippen molar-refractivity contribution in [3.63, 3.8) is 0 Å². The van der Waals surface area contributed by atoms with E-state index in [1.807, 2.05) is 6.92 Å². The number of benzene rings is 2. The Morgan fingerprint density at radius 3 is 2.38 bits per heavy atom. The molecule has 5 heteroatoms. The molecule has 5 nitrogen and oxygen atoms in total. The predicted octanol–water partition coefficient (Wildman–Crippen LogP) is 2.81. The van der Waals surface area contributed by atoms with E-state index in [-0.39, 0.29) is 18.3 Å². The molecule has 0 bridgehead atoms. The number of phenolic OH excluding ortho intramolecular Hbond substituents is 1. The van der Waals surface area contributed by atoms with Crippen molar-refractivity contribution in [2.75, 3.05) is 18.5 Å². The summed E-state index contributed by atoms with van der Waals surface area (Å²) in [6, 6.07) is 13.4. The lowest BCUT2D eigenvalue weighted by Gasteiger charge is -2.08. The van der Waals surface area contributed by atoms with Gasteiger partial charge in [-0.3, -0.25) is 4.79 Å². The monoisotopic (exact) mass is 287 g/mol. The summed E-state index contributed by atoms with van der Waals surface area (Å²) in [7, 11) is 0. The first-order chi connectivity index (χ1) is 10.2. The van der Waals surface area contributed by atoms with E-state index in [0.29, 0.717) is 18.0 Å². The number of carbonyl (C=O) groups excluding carboxylic acids is 1. The lowest BCUT2D eigenvalue weighted by Crippen LogP contribution is -2.20. The van der Waals surface area contributed by atoms with Gasteiger partial charge in [-0.25, -0.2) is 0 Å². The lowest BCUT2D eigenvalue weighted by molar-refractivity contribution is -0.118. The molecule has 0 heterocycles. The molecule has 21 heavy (non-hydrogen) atoms. The van der Waals surface area contributed by atoms with Gasteiger partial charge < -0.3 is 19.9 Å². The summed E-state index contributed by atoms with van der Waals surface area (Å²) in [5.74, 6) is 1.15. The molecule has 2 N–H and O–H groups in total. The minimum atomic E-state index is -0.297. The van der Waals surface area contributed by atoms with E-state index in [0.717, 1.165) is 5.75 Å². The van der Waals surface area contributed by atoms with Crippen LogP contribution in [0.1, 0.15) is 6.92 Å². The maximum Gasteiger partial charge on any atom is 0.262 e. The maximum atomic E-state index is 11.7. The third-order valence-corrected chi connectivity index (χ3v) is 2.63. The van der Waals surface area contributed by atoms with Crippen LogP contribution in [0.4, 0.5) is 5.69 Å². The lowest BCUT2D eigenvalue weighted by atomic mass is 10.3. The molecule has 2 rings (SSSR count). The molecule has 0 fully saturated rings. The zero-order valence-corrected chi connectivity index (χ0v) is 11.7. The number of ether oxygens (including phenoxy) is 2. The Hall–Kier alpha value is -2.69. The van der Waals surface area contributed by atoms with Gasteiger partial charge in [0.05, 0.1) is 6.61 Å². The Kier molecular flexibility index (Phi) is 5.04. The molecular weight excluding hydrogens is 270 g/mol. The van der Waals surface area contributed by atoms with Crippen molar-refractivity contribution in [1.82, 2.24) is 0 Å². The van der Waals surface area contributed by atoms with Crippen LogP contribution < -0.4 is 14.8 Å². The van der Waals surface area contributed by atoms with Gasteiger partial charge in [-0.05, 0) is 43.3 Å². The molecule has 0 aliphatic carbocycles. The van der Waals surface area contributed by atoms with Crippen LogP contribution in [0.25, 0.3) is 0 Å². The largest absolute Gasteiger partial charge is 0.508 e. The van der Waals surface area contributed by atoms with E-state index in [1.165, 1.54) is 12.1 Å². The molecule has 0 atom stereocenters. The summed E-state index contributed by atoms with van der Waals surface area (Å²) >= 11 is 0. The van der Waals surface area contributed by atoms with Crippen LogP contribution in [0.5, 0.6) is 17.2 Å². The van der Waals surface area contributed by atoms with Crippen molar-refractivity contribution in [2.24, 2.45) is 0 Å². The van der Waals surface area contributed by atoms with Crippen LogP contribution in [0, 0.1) is 0 Å². The molecule has 2 aromatic rings. The first kappa shape index (κ1) is 14.7. The summed E-state index contributed by atoms with van der Waals surface area (Å²) < 4.78 is 10.7. The Bertz CT molecular complexity index is 595. The average Bonchev–Trinajstić information content (AvgIpc) is 2.47. The fraction of sp³-hybridized carbons (Fsp3) is 0.188. The van der Waals surface area contributed by atoms with E-state index >= 15 is 0 Å². The van der Waals surface area contributed by atoms with Crippen molar-refractivity contribution in [3.05, 3.63) is 48.5 Å². The topological polar surface area (TPSA) is 67.8 Å². The highest BCUT2D eigenvalue weighted by atomic mass is 16.5. The van der Waals surface area contributed by atoms with E-state index < -0.39 is 0 Å². The highest BCUT2D eigenvalue weighted by Gasteiger charge is 2.04. The first-order valence-corrected chi connectivity index (χ1v) is 6.62. The van der Waals surface area contributed by atoms with Gasteiger partial charge >= 0.3 is 0 Å². The quantitative estimate of drug-likeness (QED) is 0.857. The number of aromatic hydroxyl groups is 1. The number of hydrogen-bond acceptors (Lipinski definition) is 4. The fourth-order valence-corrected chi connectivity index (χ4v) is 1.73. The van der Waals surface area contributed by atoms with Crippen molar-refractivity contribution < 1.29 is 19.4 Å². The molecule has 110 valence electrons. The summed E-state index contributed by atoms with van der Waals surface area (Å²) in [6.45, 7) is 2.41. The number of amides is 1. The number of anilines is 1. The molecule has 0 aliphatic rings. The fourth-order valence-electron chi connectivity index (χ4n) is 1.73. The number of rotatable bonds is 6. The van der Waals surface area contributed by atoms with Crippen LogP contribution in [0.3, 0.4) is 0 Å². The van der Waals surface area contributed by atoms with Gasteiger partial charge in [0, 0.05) is 11.8 Å². The minimum absolute atomic E-state index is 0.0974. The third-order valence-electron chi connectivity index (χ3n) is 2.63. The van der Waals surface area contributed by atoms with E-state index in [9.17, 15) is 9.90 Å². The zero-order valence-electron chi connectivity index (χ0n) is 11.7. The smallest absolute Gasteiger partial charge is 0.262 e. The molecule has 0 radical (unpaired) electrons. The van der Waals surface area contributed by atoms with E-state index in [1.54, 1.807) is 36.4 Å². The predicted molar refractivity (Wildman–Crippen MR) is 79.8 cm³/mol. The third kappa shape index (κ3) is 4.72. The van der Waals surface area contributed by atoms with Crippen LogP contribution in [-0.2, 0) is 4.79 Å². The molecule has 0 spiro atoms. The van der Waals surface area contributed by atoms with Crippen molar-refractivity contribution in [3.8, 4) is 17.2 Å². The number of hydrogen-bond donors (Lipinski definition) is 2. The second kappa shape index (κ2) is 7.19. The van der Waals surface area contributed by atoms with Gasteiger partial charge in [0.25, 0.3) is 5.91 Å².